The van der Waals surface area contributed by atoms with Crippen molar-refractivity contribution in [1.82, 2.24) is 9.97 Å². The summed E-state index contributed by atoms with van der Waals surface area (Å²) in [6.07, 6.45) is 5.21. The summed E-state index contributed by atoms with van der Waals surface area (Å²) >= 11 is 0. The number of para-hydroxylation sites is 1. The number of hydrogen-bond donors (Lipinski definition) is 2. The van der Waals surface area contributed by atoms with Crippen LogP contribution in [0.1, 0.15) is 44.5 Å². The summed E-state index contributed by atoms with van der Waals surface area (Å²) in [6, 6.07) is 7.81. The van der Waals surface area contributed by atoms with Gasteiger partial charge in [-0.05, 0) is 44.7 Å². The van der Waals surface area contributed by atoms with Gasteiger partial charge in [0.1, 0.15) is 6.04 Å². The first-order valence-corrected chi connectivity index (χ1v) is 7.59. The number of aromatic nitrogens is 2. The maximum atomic E-state index is 12.1. The fraction of sp³-hybridized carbons (Fsp3) is 0.500. The molecule has 1 aliphatic heterocycles. The normalized spacial score (nSPS) is 18.9. The van der Waals surface area contributed by atoms with Crippen LogP contribution in [0.3, 0.4) is 0 Å². The van der Waals surface area contributed by atoms with Crippen molar-refractivity contribution in [3.8, 4) is 0 Å². The van der Waals surface area contributed by atoms with E-state index in [0.717, 1.165) is 11.3 Å². The third-order valence-corrected chi connectivity index (χ3v) is 4.40. The lowest BCUT2D eigenvalue weighted by Crippen LogP contribution is -3.11. The lowest BCUT2D eigenvalue weighted by atomic mass is 10.2. The Hall–Kier alpha value is -1.68. The van der Waals surface area contributed by atoms with Gasteiger partial charge in [-0.15, -0.1) is 0 Å². The first kappa shape index (κ1) is 13.3. The zero-order valence-electron chi connectivity index (χ0n) is 12.0. The number of aromatic amines is 1. The van der Waals surface area contributed by atoms with E-state index < -0.39 is 0 Å². The lowest BCUT2D eigenvalue weighted by molar-refractivity contribution is -0.929. The SMILES string of the molecule is C[C@@H](c1nc2ccccc2c(=O)[nH]1)[NH+]1CCCCCC1. The Morgan fingerprint density at radius 3 is 2.60 bits per heavy atom. The van der Waals surface area contributed by atoms with Crippen LogP contribution in [0.25, 0.3) is 10.9 Å². The van der Waals surface area contributed by atoms with Crippen molar-refractivity contribution >= 4 is 10.9 Å². The molecular formula is C16H22N3O+. The summed E-state index contributed by atoms with van der Waals surface area (Å²) in [7, 11) is 0. The molecule has 0 spiro atoms. The van der Waals surface area contributed by atoms with Crippen molar-refractivity contribution < 1.29 is 4.90 Å². The summed E-state index contributed by atoms with van der Waals surface area (Å²) in [5.41, 5.74) is 0.777. The Bertz CT molecular complexity index is 641. The van der Waals surface area contributed by atoms with E-state index in [-0.39, 0.29) is 11.6 Å². The molecule has 1 saturated heterocycles. The summed E-state index contributed by atoms with van der Waals surface area (Å²) in [4.78, 5) is 21.3. The van der Waals surface area contributed by atoms with Crippen molar-refractivity contribution in [3.05, 3.63) is 40.4 Å². The molecule has 4 heteroatoms. The van der Waals surface area contributed by atoms with Crippen molar-refractivity contribution in [2.45, 2.75) is 38.6 Å². The van der Waals surface area contributed by atoms with Crippen molar-refractivity contribution in [2.24, 2.45) is 0 Å². The van der Waals surface area contributed by atoms with E-state index in [1.54, 1.807) is 4.90 Å². The molecule has 2 heterocycles. The number of nitrogens with zero attached hydrogens (tertiary/aromatic N) is 1. The Labute approximate surface area is 118 Å². The Balaban J connectivity index is 1.94. The highest BCUT2D eigenvalue weighted by molar-refractivity contribution is 5.77. The van der Waals surface area contributed by atoms with Crippen LogP contribution in [0.5, 0.6) is 0 Å². The highest BCUT2D eigenvalue weighted by atomic mass is 16.1. The predicted octanol–water partition coefficient (Wildman–Crippen LogP) is 1.44. The van der Waals surface area contributed by atoms with Gasteiger partial charge in [-0.1, -0.05) is 12.1 Å². The maximum absolute atomic E-state index is 12.1. The first-order chi connectivity index (χ1) is 9.75. The summed E-state index contributed by atoms with van der Waals surface area (Å²) < 4.78 is 0. The van der Waals surface area contributed by atoms with Gasteiger partial charge < -0.3 is 9.88 Å². The third-order valence-electron chi connectivity index (χ3n) is 4.40. The van der Waals surface area contributed by atoms with Crippen molar-refractivity contribution in [2.75, 3.05) is 13.1 Å². The average Bonchev–Trinajstić information content (AvgIpc) is 2.75. The molecule has 2 N–H and O–H groups in total. The average molecular weight is 272 g/mol. The second kappa shape index (κ2) is 5.75. The van der Waals surface area contributed by atoms with E-state index in [2.05, 4.69) is 16.9 Å². The van der Waals surface area contributed by atoms with Gasteiger partial charge in [0.15, 0.2) is 5.82 Å². The summed E-state index contributed by atoms with van der Waals surface area (Å²) in [6.45, 7) is 4.53. The van der Waals surface area contributed by atoms with E-state index in [0.29, 0.717) is 5.39 Å². The molecule has 3 rings (SSSR count). The minimum Gasteiger partial charge on any atom is -0.326 e. The number of H-pyrrole nitrogens is 1. The molecule has 1 aromatic heterocycles. The van der Waals surface area contributed by atoms with Crippen LogP contribution >= 0.6 is 0 Å². The van der Waals surface area contributed by atoms with E-state index in [9.17, 15) is 4.79 Å². The fourth-order valence-corrected chi connectivity index (χ4v) is 3.12. The lowest BCUT2D eigenvalue weighted by Gasteiger charge is -2.23. The standard InChI is InChI=1S/C16H21N3O/c1-12(19-10-6-2-3-7-11-19)15-17-14-9-5-4-8-13(14)16(20)18-15/h4-5,8-9,12H,2-3,6-7,10-11H2,1H3,(H,17,18,20)/p+1/t12-/m0/s1. The van der Waals surface area contributed by atoms with Crippen LogP contribution < -0.4 is 10.5 Å². The van der Waals surface area contributed by atoms with Gasteiger partial charge in [-0.3, -0.25) is 4.79 Å². The number of quaternary nitrogens is 1. The van der Waals surface area contributed by atoms with E-state index in [1.165, 1.54) is 38.8 Å². The van der Waals surface area contributed by atoms with Gasteiger partial charge in [0.25, 0.3) is 5.56 Å². The predicted molar refractivity (Wildman–Crippen MR) is 79.9 cm³/mol. The quantitative estimate of drug-likeness (QED) is 0.869. The molecule has 0 amide bonds. The molecule has 1 aromatic carbocycles. The van der Waals surface area contributed by atoms with Gasteiger partial charge in [0, 0.05) is 0 Å². The molecule has 20 heavy (non-hydrogen) atoms. The smallest absolute Gasteiger partial charge is 0.258 e. The number of fused-ring (bicyclic) bond motifs is 1. The first-order valence-electron chi connectivity index (χ1n) is 7.59. The second-order valence-corrected chi connectivity index (χ2v) is 5.76. The molecule has 0 radical (unpaired) electrons. The summed E-state index contributed by atoms with van der Waals surface area (Å²) in [5.74, 6) is 0.825. The van der Waals surface area contributed by atoms with E-state index >= 15 is 0 Å². The monoisotopic (exact) mass is 272 g/mol. The highest BCUT2D eigenvalue weighted by Crippen LogP contribution is 2.10. The molecule has 0 unspecified atom stereocenters. The highest BCUT2D eigenvalue weighted by Gasteiger charge is 2.23. The second-order valence-electron chi connectivity index (χ2n) is 5.76. The topological polar surface area (TPSA) is 50.2 Å². The fourth-order valence-electron chi connectivity index (χ4n) is 3.12. The van der Waals surface area contributed by atoms with E-state index in [4.69, 9.17) is 0 Å². The molecule has 2 aromatic rings. The van der Waals surface area contributed by atoms with Crippen LogP contribution in [0.15, 0.2) is 29.1 Å². The summed E-state index contributed by atoms with van der Waals surface area (Å²) in [5, 5.41) is 0.675. The number of rotatable bonds is 2. The van der Waals surface area contributed by atoms with Crippen LogP contribution in [0, 0.1) is 0 Å². The van der Waals surface area contributed by atoms with Gasteiger partial charge >= 0.3 is 0 Å². The molecule has 0 bridgehead atoms. The molecule has 106 valence electrons. The Kier molecular flexibility index (Phi) is 3.83. The minimum absolute atomic E-state index is 0.0216. The van der Waals surface area contributed by atoms with Crippen molar-refractivity contribution in [1.29, 1.82) is 0 Å². The molecule has 1 fully saturated rings. The Morgan fingerprint density at radius 1 is 1.15 bits per heavy atom. The zero-order chi connectivity index (χ0) is 13.9. The number of nitrogens with one attached hydrogen (secondary N) is 2. The van der Waals surface area contributed by atoms with Gasteiger partial charge in [0.2, 0.25) is 0 Å². The van der Waals surface area contributed by atoms with Crippen LogP contribution in [0.2, 0.25) is 0 Å². The van der Waals surface area contributed by atoms with Gasteiger partial charge in [-0.25, -0.2) is 4.98 Å². The number of hydrogen-bond acceptors (Lipinski definition) is 2. The van der Waals surface area contributed by atoms with Gasteiger partial charge in [0.05, 0.1) is 24.0 Å². The zero-order valence-corrected chi connectivity index (χ0v) is 12.0. The Morgan fingerprint density at radius 2 is 1.85 bits per heavy atom. The van der Waals surface area contributed by atoms with Crippen LogP contribution in [-0.4, -0.2) is 23.1 Å². The number of likely N-dealkylation sites (tertiary alicyclic amines) is 1. The van der Waals surface area contributed by atoms with E-state index in [1.807, 2.05) is 24.3 Å². The molecule has 4 nitrogen and oxygen atoms in total. The number of benzene rings is 1. The van der Waals surface area contributed by atoms with Crippen molar-refractivity contribution in [3.63, 3.8) is 0 Å². The van der Waals surface area contributed by atoms with Crippen LogP contribution in [-0.2, 0) is 0 Å². The molecule has 0 aliphatic carbocycles. The minimum atomic E-state index is -0.0216. The molecular weight excluding hydrogens is 250 g/mol. The largest absolute Gasteiger partial charge is 0.326 e. The third kappa shape index (κ3) is 2.61. The maximum Gasteiger partial charge on any atom is 0.258 e. The molecule has 1 aliphatic rings. The van der Waals surface area contributed by atoms with Gasteiger partial charge in [-0.2, -0.15) is 0 Å². The molecule has 1 atom stereocenters. The van der Waals surface area contributed by atoms with Crippen LogP contribution in [0.4, 0.5) is 0 Å². The molecule has 0 saturated carbocycles.